The van der Waals surface area contributed by atoms with Crippen LogP contribution in [0.5, 0.6) is 0 Å². The summed E-state index contributed by atoms with van der Waals surface area (Å²) < 4.78 is 5.16. The Morgan fingerprint density at radius 2 is 2.19 bits per heavy atom. The van der Waals surface area contributed by atoms with E-state index in [0.717, 1.165) is 6.42 Å². The van der Waals surface area contributed by atoms with Crippen molar-refractivity contribution in [3.05, 3.63) is 0 Å². The van der Waals surface area contributed by atoms with Gasteiger partial charge in [0.2, 0.25) is 5.91 Å². The van der Waals surface area contributed by atoms with Crippen molar-refractivity contribution in [3.63, 3.8) is 0 Å². The van der Waals surface area contributed by atoms with Gasteiger partial charge in [-0.2, -0.15) is 0 Å². The number of carbonyl (C=O) groups excluding carboxylic acids is 1. The van der Waals surface area contributed by atoms with Crippen LogP contribution in [0.3, 0.4) is 0 Å². The molecule has 0 heterocycles. The number of hydrogen-bond donors (Lipinski definition) is 2. The maximum atomic E-state index is 11.7. The predicted octanol–water partition coefficient (Wildman–Crippen LogP) is 0.396. The van der Waals surface area contributed by atoms with Crippen molar-refractivity contribution in [3.8, 4) is 0 Å². The minimum atomic E-state index is -0.157. The maximum absolute atomic E-state index is 11.7. The summed E-state index contributed by atoms with van der Waals surface area (Å²) in [4.78, 5) is 13.2. The Balaban J connectivity index is 4.25. The summed E-state index contributed by atoms with van der Waals surface area (Å²) in [6, 6.07) is -0.0157. The lowest BCUT2D eigenvalue weighted by molar-refractivity contribution is -0.137. The highest BCUT2D eigenvalue weighted by Gasteiger charge is 2.18. The highest BCUT2D eigenvalue weighted by atomic mass is 16.5. The molecule has 0 rings (SSSR count). The summed E-state index contributed by atoms with van der Waals surface area (Å²) in [5.41, 5.74) is 5.37. The maximum Gasteiger partial charge on any atom is 0.249 e. The summed E-state index contributed by atoms with van der Waals surface area (Å²) in [6.07, 6.45) is 0.870. The summed E-state index contributed by atoms with van der Waals surface area (Å²) >= 11 is 0. The molecule has 0 bridgehead atoms. The first-order valence-electron chi connectivity index (χ1n) is 5.36. The molecule has 3 N–H and O–H groups in total. The van der Waals surface area contributed by atoms with E-state index in [9.17, 15) is 4.79 Å². The standard InChI is InChI=1S/C10H21N3O3/c1-4-5-16-7-10(14)13(8(2)3)6-9(11)12-15/h8,15H,4-7H2,1-3H3,(H2,11,12). The van der Waals surface area contributed by atoms with Crippen molar-refractivity contribution < 1.29 is 14.7 Å². The summed E-state index contributed by atoms with van der Waals surface area (Å²) in [5.74, 6) is -0.146. The number of amidine groups is 1. The smallest absolute Gasteiger partial charge is 0.249 e. The molecule has 0 atom stereocenters. The molecular weight excluding hydrogens is 210 g/mol. The summed E-state index contributed by atoms with van der Waals surface area (Å²) in [5, 5.41) is 11.3. The van der Waals surface area contributed by atoms with Gasteiger partial charge in [-0.3, -0.25) is 4.79 Å². The molecule has 0 radical (unpaired) electrons. The third-order valence-corrected chi connectivity index (χ3v) is 1.98. The molecule has 94 valence electrons. The second kappa shape index (κ2) is 7.92. The van der Waals surface area contributed by atoms with Gasteiger partial charge in [-0.25, -0.2) is 0 Å². The Bertz CT molecular complexity index is 241. The van der Waals surface area contributed by atoms with Gasteiger partial charge in [0.05, 0.1) is 6.54 Å². The highest BCUT2D eigenvalue weighted by molar-refractivity contribution is 5.87. The number of hydrogen-bond acceptors (Lipinski definition) is 4. The van der Waals surface area contributed by atoms with Gasteiger partial charge in [-0.15, -0.1) is 0 Å². The van der Waals surface area contributed by atoms with E-state index in [1.54, 1.807) is 0 Å². The van der Waals surface area contributed by atoms with Crippen molar-refractivity contribution in [2.75, 3.05) is 19.8 Å². The van der Waals surface area contributed by atoms with Crippen LogP contribution in [0.1, 0.15) is 27.2 Å². The third kappa shape index (κ3) is 5.55. The van der Waals surface area contributed by atoms with Crippen LogP contribution in [-0.2, 0) is 9.53 Å². The molecule has 0 aromatic rings. The molecule has 0 aromatic carbocycles. The van der Waals surface area contributed by atoms with Crippen molar-refractivity contribution in [1.82, 2.24) is 4.90 Å². The first kappa shape index (κ1) is 14.7. The summed E-state index contributed by atoms with van der Waals surface area (Å²) in [7, 11) is 0. The number of ether oxygens (including phenoxy) is 1. The fraction of sp³-hybridized carbons (Fsp3) is 0.800. The van der Waals surface area contributed by atoms with Gasteiger partial charge in [-0.1, -0.05) is 12.1 Å². The number of amides is 1. The van der Waals surface area contributed by atoms with E-state index < -0.39 is 0 Å². The monoisotopic (exact) mass is 231 g/mol. The van der Waals surface area contributed by atoms with Gasteiger partial charge in [-0.05, 0) is 20.3 Å². The number of nitrogens with two attached hydrogens (primary N) is 1. The molecular formula is C10H21N3O3. The van der Waals surface area contributed by atoms with E-state index in [-0.39, 0.29) is 30.9 Å². The van der Waals surface area contributed by atoms with Gasteiger partial charge in [0, 0.05) is 12.6 Å². The average molecular weight is 231 g/mol. The van der Waals surface area contributed by atoms with Crippen molar-refractivity contribution >= 4 is 11.7 Å². The minimum absolute atomic E-state index is 0.0116. The van der Waals surface area contributed by atoms with E-state index in [2.05, 4.69) is 5.16 Å². The zero-order valence-corrected chi connectivity index (χ0v) is 10.1. The summed E-state index contributed by atoms with van der Waals surface area (Å²) in [6.45, 7) is 6.40. The molecule has 0 aromatic heterocycles. The van der Waals surface area contributed by atoms with Gasteiger partial charge in [0.25, 0.3) is 0 Å². The van der Waals surface area contributed by atoms with Crippen LogP contribution in [0.15, 0.2) is 5.16 Å². The predicted molar refractivity (Wildman–Crippen MR) is 61.4 cm³/mol. The molecule has 0 saturated carbocycles. The molecule has 0 aliphatic carbocycles. The normalized spacial score (nSPS) is 11.9. The lowest BCUT2D eigenvalue weighted by atomic mass is 10.3. The van der Waals surface area contributed by atoms with Crippen molar-refractivity contribution in [2.24, 2.45) is 10.9 Å². The average Bonchev–Trinajstić information content (AvgIpc) is 2.25. The Labute approximate surface area is 96.0 Å². The van der Waals surface area contributed by atoms with Crippen LogP contribution >= 0.6 is 0 Å². The van der Waals surface area contributed by atoms with Crippen LogP contribution in [0.25, 0.3) is 0 Å². The lowest BCUT2D eigenvalue weighted by Gasteiger charge is -2.25. The van der Waals surface area contributed by atoms with Crippen LogP contribution in [0, 0.1) is 0 Å². The largest absolute Gasteiger partial charge is 0.409 e. The Hall–Kier alpha value is -1.30. The molecule has 16 heavy (non-hydrogen) atoms. The number of oxime groups is 1. The highest BCUT2D eigenvalue weighted by Crippen LogP contribution is 1.99. The van der Waals surface area contributed by atoms with Crippen molar-refractivity contribution in [2.45, 2.75) is 33.2 Å². The fourth-order valence-corrected chi connectivity index (χ4v) is 1.15. The molecule has 0 spiro atoms. The Kier molecular flexibility index (Phi) is 7.28. The van der Waals surface area contributed by atoms with E-state index in [1.807, 2.05) is 20.8 Å². The number of rotatable bonds is 7. The van der Waals surface area contributed by atoms with E-state index in [1.165, 1.54) is 4.90 Å². The SMILES string of the molecule is CCCOCC(=O)N(CC(N)=NO)C(C)C. The van der Waals surface area contributed by atoms with E-state index in [4.69, 9.17) is 15.7 Å². The van der Waals surface area contributed by atoms with Crippen molar-refractivity contribution in [1.29, 1.82) is 0 Å². The van der Waals surface area contributed by atoms with Crippen LogP contribution in [-0.4, -0.2) is 47.7 Å². The second-order valence-electron chi connectivity index (χ2n) is 3.76. The Morgan fingerprint density at radius 3 is 2.62 bits per heavy atom. The lowest BCUT2D eigenvalue weighted by Crippen LogP contribution is -2.44. The molecule has 6 nitrogen and oxygen atoms in total. The quantitative estimate of drug-likeness (QED) is 0.218. The Morgan fingerprint density at radius 1 is 1.56 bits per heavy atom. The molecule has 0 fully saturated rings. The fourth-order valence-electron chi connectivity index (χ4n) is 1.15. The van der Waals surface area contributed by atoms with E-state index in [0.29, 0.717) is 6.61 Å². The zero-order chi connectivity index (χ0) is 12.6. The van der Waals surface area contributed by atoms with Gasteiger partial charge < -0.3 is 20.6 Å². The first-order valence-corrected chi connectivity index (χ1v) is 5.36. The van der Waals surface area contributed by atoms with Gasteiger partial charge >= 0.3 is 0 Å². The molecule has 0 aliphatic rings. The second-order valence-corrected chi connectivity index (χ2v) is 3.76. The van der Waals surface area contributed by atoms with Crippen LogP contribution < -0.4 is 5.73 Å². The topological polar surface area (TPSA) is 88.2 Å². The molecule has 0 unspecified atom stereocenters. The number of carbonyl (C=O) groups is 1. The molecule has 1 amide bonds. The van der Waals surface area contributed by atoms with Gasteiger partial charge in [0.1, 0.15) is 6.61 Å². The number of nitrogens with zero attached hydrogens (tertiary/aromatic N) is 2. The van der Waals surface area contributed by atoms with Crippen LogP contribution in [0.2, 0.25) is 0 Å². The minimum Gasteiger partial charge on any atom is -0.409 e. The molecule has 6 heteroatoms. The molecule has 0 saturated heterocycles. The van der Waals surface area contributed by atoms with Gasteiger partial charge in [0.15, 0.2) is 5.84 Å². The molecule has 0 aliphatic heterocycles. The first-order chi connectivity index (χ1) is 7.52. The zero-order valence-electron chi connectivity index (χ0n) is 10.1. The van der Waals surface area contributed by atoms with Crippen LogP contribution in [0.4, 0.5) is 0 Å². The third-order valence-electron chi connectivity index (χ3n) is 1.98. The van der Waals surface area contributed by atoms with E-state index >= 15 is 0 Å².